The zero-order valence-electron chi connectivity index (χ0n) is 10.0. The topological polar surface area (TPSA) is 105 Å². The van der Waals surface area contributed by atoms with E-state index < -0.39 is 0 Å². The Bertz CT molecular complexity index is 601. The third-order valence-corrected chi connectivity index (χ3v) is 2.58. The highest BCUT2D eigenvalue weighted by atomic mass is 35.5. The van der Waals surface area contributed by atoms with Gasteiger partial charge in [-0.2, -0.15) is 15.3 Å². The standard InChI is InChI=1S/C11H12ClN7/c12-9-6-17-19(7-9)3-1-2-15-11-16-5-8(4-13)10(14)18-11/h5-7H,1-3H2,(H3,14,15,16,18). The Morgan fingerprint density at radius 1 is 1.47 bits per heavy atom. The summed E-state index contributed by atoms with van der Waals surface area (Å²) < 4.78 is 1.76. The molecule has 0 aromatic carbocycles. The molecule has 19 heavy (non-hydrogen) atoms. The maximum atomic E-state index is 8.70. The summed E-state index contributed by atoms with van der Waals surface area (Å²) in [5, 5.41) is 16.4. The molecule has 8 heteroatoms. The molecule has 2 rings (SSSR count). The molecule has 3 N–H and O–H groups in total. The van der Waals surface area contributed by atoms with Crippen molar-refractivity contribution >= 4 is 23.4 Å². The van der Waals surface area contributed by atoms with Gasteiger partial charge in [0.05, 0.1) is 17.4 Å². The first kappa shape index (κ1) is 13.1. The predicted molar refractivity (Wildman–Crippen MR) is 71.5 cm³/mol. The van der Waals surface area contributed by atoms with E-state index in [1.165, 1.54) is 6.20 Å². The quantitative estimate of drug-likeness (QED) is 0.798. The Morgan fingerprint density at radius 2 is 2.32 bits per heavy atom. The van der Waals surface area contributed by atoms with Crippen LogP contribution < -0.4 is 11.1 Å². The minimum atomic E-state index is 0.179. The van der Waals surface area contributed by atoms with E-state index in [4.69, 9.17) is 22.6 Å². The molecule has 98 valence electrons. The van der Waals surface area contributed by atoms with Crippen LogP contribution in [0.1, 0.15) is 12.0 Å². The van der Waals surface area contributed by atoms with Gasteiger partial charge in [-0.05, 0) is 6.42 Å². The van der Waals surface area contributed by atoms with Crippen molar-refractivity contribution in [2.24, 2.45) is 0 Å². The Kier molecular flexibility index (Phi) is 4.15. The van der Waals surface area contributed by atoms with E-state index in [9.17, 15) is 0 Å². The summed E-state index contributed by atoms with van der Waals surface area (Å²) in [6, 6.07) is 1.91. The first-order valence-corrected chi connectivity index (χ1v) is 6.01. The normalized spacial score (nSPS) is 10.1. The molecule has 0 saturated heterocycles. The predicted octanol–water partition coefficient (Wildman–Crippen LogP) is 1.28. The first-order valence-electron chi connectivity index (χ1n) is 5.63. The fraction of sp³-hybridized carbons (Fsp3) is 0.273. The fourth-order valence-electron chi connectivity index (χ4n) is 1.47. The minimum Gasteiger partial charge on any atom is -0.382 e. The number of aryl methyl sites for hydroxylation is 1. The lowest BCUT2D eigenvalue weighted by Gasteiger charge is -2.05. The number of aromatic nitrogens is 4. The molecule has 0 fully saturated rings. The molecule has 0 unspecified atom stereocenters. The molecule has 0 aliphatic rings. The number of nitrogens with one attached hydrogen (secondary N) is 1. The smallest absolute Gasteiger partial charge is 0.224 e. The van der Waals surface area contributed by atoms with Gasteiger partial charge in [-0.3, -0.25) is 4.68 Å². The molecule has 0 saturated carbocycles. The molecule has 0 bridgehead atoms. The number of hydrogen-bond donors (Lipinski definition) is 2. The lowest BCUT2D eigenvalue weighted by atomic mass is 10.3. The summed E-state index contributed by atoms with van der Waals surface area (Å²) in [4.78, 5) is 7.97. The second-order valence-corrected chi connectivity index (χ2v) is 4.24. The Labute approximate surface area is 115 Å². The highest BCUT2D eigenvalue weighted by Gasteiger charge is 2.02. The summed E-state index contributed by atoms with van der Waals surface area (Å²) in [5.41, 5.74) is 5.86. The maximum Gasteiger partial charge on any atom is 0.224 e. The van der Waals surface area contributed by atoms with Gasteiger partial charge < -0.3 is 11.1 Å². The largest absolute Gasteiger partial charge is 0.382 e. The van der Waals surface area contributed by atoms with Crippen LogP contribution in [0.5, 0.6) is 0 Å². The van der Waals surface area contributed by atoms with Crippen molar-refractivity contribution in [3.63, 3.8) is 0 Å². The van der Waals surface area contributed by atoms with Crippen LogP contribution in [0.4, 0.5) is 11.8 Å². The zero-order chi connectivity index (χ0) is 13.7. The van der Waals surface area contributed by atoms with E-state index >= 15 is 0 Å². The van der Waals surface area contributed by atoms with E-state index in [0.29, 0.717) is 17.5 Å². The van der Waals surface area contributed by atoms with Crippen LogP contribution in [0.25, 0.3) is 0 Å². The lowest BCUT2D eigenvalue weighted by Crippen LogP contribution is -2.10. The first-order chi connectivity index (χ1) is 9.19. The molecule has 0 radical (unpaired) electrons. The highest BCUT2D eigenvalue weighted by molar-refractivity contribution is 6.30. The van der Waals surface area contributed by atoms with Crippen molar-refractivity contribution < 1.29 is 0 Å². The maximum absolute atomic E-state index is 8.70. The number of rotatable bonds is 5. The Morgan fingerprint density at radius 3 is 2.95 bits per heavy atom. The number of nitrogens with zero attached hydrogens (tertiary/aromatic N) is 5. The molecule has 0 amide bonds. The molecular weight excluding hydrogens is 266 g/mol. The molecule has 2 aromatic rings. The summed E-state index contributed by atoms with van der Waals surface area (Å²) in [7, 11) is 0. The summed E-state index contributed by atoms with van der Waals surface area (Å²) in [6.07, 6.45) is 5.59. The van der Waals surface area contributed by atoms with Gasteiger partial charge in [-0.15, -0.1) is 0 Å². The number of nitriles is 1. The van der Waals surface area contributed by atoms with Gasteiger partial charge in [0.25, 0.3) is 0 Å². The van der Waals surface area contributed by atoms with Gasteiger partial charge in [0.1, 0.15) is 17.5 Å². The lowest BCUT2D eigenvalue weighted by molar-refractivity contribution is 0.591. The van der Waals surface area contributed by atoms with Crippen LogP contribution in [0.15, 0.2) is 18.6 Å². The van der Waals surface area contributed by atoms with Crippen LogP contribution in [-0.2, 0) is 6.54 Å². The third-order valence-electron chi connectivity index (χ3n) is 2.39. The van der Waals surface area contributed by atoms with Gasteiger partial charge in [0.15, 0.2) is 0 Å². The number of nitrogen functional groups attached to an aromatic ring is 1. The SMILES string of the molecule is N#Cc1cnc(NCCCn2cc(Cl)cn2)nc1N. The Hall–Kier alpha value is -2.33. The average Bonchev–Trinajstić information content (AvgIpc) is 2.81. The van der Waals surface area contributed by atoms with Gasteiger partial charge in [-0.1, -0.05) is 11.6 Å². The molecule has 2 aromatic heterocycles. The molecule has 0 spiro atoms. The molecule has 2 heterocycles. The number of halogens is 1. The van der Waals surface area contributed by atoms with E-state index in [1.54, 1.807) is 17.1 Å². The highest BCUT2D eigenvalue weighted by Crippen LogP contribution is 2.08. The summed E-state index contributed by atoms with van der Waals surface area (Å²) in [5.74, 6) is 0.592. The van der Waals surface area contributed by atoms with Crippen molar-refractivity contribution in [1.82, 2.24) is 19.7 Å². The van der Waals surface area contributed by atoms with Crippen molar-refractivity contribution in [1.29, 1.82) is 5.26 Å². The molecule has 0 aliphatic heterocycles. The average molecular weight is 278 g/mol. The van der Waals surface area contributed by atoms with Crippen LogP contribution >= 0.6 is 11.6 Å². The van der Waals surface area contributed by atoms with Crippen LogP contribution in [-0.4, -0.2) is 26.3 Å². The van der Waals surface area contributed by atoms with Crippen LogP contribution in [0, 0.1) is 11.3 Å². The monoisotopic (exact) mass is 277 g/mol. The van der Waals surface area contributed by atoms with E-state index in [0.717, 1.165) is 13.0 Å². The zero-order valence-corrected chi connectivity index (χ0v) is 10.8. The van der Waals surface area contributed by atoms with Crippen molar-refractivity contribution in [2.75, 3.05) is 17.6 Å². The van der Waals surface area contributed by atoms with Crippen molar-refractivity contribution in [3.8, 4) is 6.07 Å². The third kappa shape index (κ3) is 3.56. The second kappa shape index (κ2) is 6.02. The van der Waals surface area contributed by atoms with Gasteiger partial charge in [0.2, 0.25) is 5.95 Å². The van der Waals surface area contributed by atoms with E-state index in [2.05, 4.69) is 20.4 Å². The van der Waals surface area contributed by atoms with Crippen LogP contribution in [0.2, 0.25) is 5.02 Å². The number of hydrogen-bond acceptors (Lipinski definition) is 6. The van der Waals surface area contributed by atoms with Crippen molar-refractivity contribution in [2.45, 2.75) is 13.0 Å². The number of anilines is 2. The summed E-state index contributed by atoms with van der Waals surface area (Å²) in [6.45, 7) is 1.41. The van der Waals surface area contributed by atoms with Gasteiger partial charge >= 0.3 is 0 Å². The van der Waals surface area contributed by atoms with Crippen molar-refractivity contribution in [3.05, 3.63) is 29.2 Å². The van der Waals surface area contributed by atoms with E-state index in [1.807, 2.05) is 6.07 Å². The van der Waals surface area contributed by atoms with Crippen LogP contribution in [0.3, 0.4) is 0 Å². The minimum absolute atomic E-state index is 0.179. The molecule has 0 atom stereocenters. The second-order valence-electron chi connectivity index (χ2n) is 3.81. The summed E-state index contributed by atoms with van der Waals surface area (Å²) >= 11 is 5.76. The van der Waals surface area contributed by atoms with Gasteiger partial charge in [-0.25, -0.2) is 4.98 Å². The van der Waals surface area contributed by atoms with Gasteiger partial charge in [0, 0.05) is 19.3 Å². The number of nitrogens with two attached hydrogens (primary N) is 1. The molecule has 7 nitrogen and oxygen atoms in total. The molecule has 0 aliphatic carbocycles. The Balaban J connectivity index is 1.80. The molecular formula is C11H12ClN7. The fourth-order valence-corrected chi connectivity index (χ4v) is 1.62. The van der Waals surface area contributed by atoms with E-state index in [-0.39, 0.29) is 11.4 Å².